The van der Waals surface area contributed by atoms with Crippen LogP contribution in [0.4, 0.5) is 0 Å². The van der Waals surface area contributed by atoms with Gasteiger partial charge in [-0.05, 0) is 32.7 Å². The molecule has 0 bridgehead atoms. The van der Waals surface area contributed by atoms with Gasteiger partial charge >= 0.3 is 0 Å². The lowest BCUT2D eigenvalue weighted by atomic mass is 9.98. The van der Waals surface area contributed by atoms with E-state index in [1.54, 1.807) is 0 Å². The highest BCUT2D eigenvalue weighted by Crippen LogP contribution is 2.20. The standard InChI is InChI=1S/C12H24N2O/c1-5-9(2)11(13-4)12(15)14-8-6-7-10(14)3/h9-11,13H,5-8H2,1-4H3/t9-,10+,11-/m0/s1. The number of hydrogen-bond donors (Lipinski definition) is 1. The average molecular weight is 212 g/mol. The van der Waals surface area contributed by atoms with Crippen molar-refractivity contribution in [2.45, 2.75) is 52.1 Å². The molecule has 0 aromatic rings. The van der Waals surface area contributed by atoms with Gasteiger partial charge in [-0.2, -0.15) is 0 Å². The molecule has 1 aliphatic heterocycles. The number of carbonyl (C=O) groups is 1. The smallest absolute Gasteiger partial charge is 0.240 e. The first kappa shape index (κ1) is 12.5. The molecule has 0 aliphatic carbocycles. The van der Waals surface area contributed by atoms with E-state index < -0.39 is 0 Å². The van der Waals surface area contributed by atoms with E-state index in [2.05, 4.69) is 26.1 Å². The maximum Gasteiger partial charge on any atom is 0.240 e. The number of nitrogens with zero attached hydrogens (tertiary/aromatic N) is 1. The fourth-order valence-electron chi connectivity index (χ4n) is 2.33. The second kappa shape index (κ2) is 5.50. The normalized spacial score (nSPS) is 25.3. The molecule has 1 amide bonds. The van der Waals surface area contributed by atoms with Crippen molar-refractivity contribution in [2.75, 3.05) is 13.6 Å². The maximum absolute atomic E-state index is 12.3. The molecule has 1 rings (SSSR count). The summed E-state index contributed by atoms with van der Waals surface area (Å²) in [5.74, 6) is 0.701. The highest BCUT2D eigenvalue weighted by Gasteiger charge is 2.31. The molecule has 0 saturated carbocycles. The molecule has 1 aliphatic rings. The van der Waals surface area contributed by atoms with Crippen LogP contribution in [0.1, 0.15) is 40.0 Å². The predicted octanol–water partition coefficient (Wildman–Crippen LogP) is 1.63. The van der Waals surface area contributed by atoms with Crippen LogP contribution in [0.2, 0.25) is 0 Å². The molecule has 0 aromatic carbocycles. The minimum Gasteiger partial charge on any atom is -0.339 e. The van der Waals surface area contributed by atoms with Crippen molar-refractivity contribution in [1.82, 2.24) is 10.2 Å². The predicted molar refractivity (Wildman–Crippen MR) is 62.7 cm³/mol. The van der Waals surface area contributed by atoms with Crippen molar-refractivity contribution in [1.29, 1.82) is 0 Å². The maximum atomic E-state index is 12.3. The van der Waals surface area contributed by atoms with E-state index >= 15 is 0 Å². The van der Waals surface area contributed by atoms with Crippen LogP contribution in [0.25, 0.3) is 0 Å². The Bertz CT molecular complexity index is 218. The van der Waals surface area contributed by atoms with Crippen LogP contribution >= 0.6 is 0 Å². The SMILES string of the molecule is CC[C@H](C)[C@H](NC)C(=O)N1CCC[C@H]1C. The molecular formula is C12H24N2O. The molecule has 1 fully saturated rings. The lowest BCUT2D eigenvalue weighted by molar-refractivity contribution is -0.135. The summed E-state index contributed by atoms with van der Waals surface area (Å²) in [6.45, 7) is 7.36. The molecule has 3 nitrogen and oxygen atoms in total. The summed E-state index contributed by atoms with van der Waals surface area (Å²) in [6, 6.07) is 0.424. The average Bonchev–Trinajstić information content (AvgIpc) is 2.65. The van der Waals surface area contributed by atoms with Crippen molar-refractivity contribution in [2.24, 2.45) is 5.92 Å². The summed E-state index contributed by atoms with van der Waals surface area (Å²) in [7, 11) is 1.88. The first-order chi connectivity index (χ1) is 7.11. The van der Waals surface area contributed by atoms with Gasteiger partial charge in [-0.25, -0.2) is 0 Å². The van der Waals surface area contributed by atoms with Gasteiger partial charge in [0.1, 0.15) is 0 Å². The lowest BCUT2D eigenvalue weighted by Gasteiger charge is -2.29. The van der Waals surface area contributed by atoms with Gasteiger partial charge in [-0.15, -0.1) is 0 Å². The van der Waals surface area contributed by atoms with Crippen molar-refractivity contribution in [3.63, 3.8) is 0 Å². The second-order valence-electron chi connectivity index (χ2n) is 4.67. The second-order valence-corrected chi connectivity index (χ2v) is 4.67. The van der Waals surface area contributed by atoms with Crippen molar-refractivity contribution in [3.05, 3.63) is 0 Å². The van der Waals surface area contributed by atoms with E-state index in [0.29, 0.717) is 12.0 Å². The molecule has 0 spiro atoms. The van der Waals surface area contributed by atoms with Gasteiger partial charge in [0.25, 0.3) is 0 Å². The summed E-state index contributed by atoms with van der Waals surface area (Å²) in [5, 5.41) is 3.16. The first-order valence-corrected chi connectivity index (χ1v) is 6.09. The Morgan fingerprint density at radius 1 is 1.60 bits per heavy atom. The summed E-state index contributed by atoms with van der Waals surface area (Å²) >= 11 is 0. The van der Waals surface area contributed by atoms with Crippen LogP contribution in [0, 0.1) is 5.92 Å². The number of amides is 1. The summed E-state index contributed by atoms with van der Waals surface area (Å²) in [4.78, 5) is 14.3. The minimum absolute atomic E-state index is 0.00412. The highest BCUT2D eigenvalue weighted by atomic mass is 16.2. The minimum atomic E-state index is -0.00412. The third kappa shape index (κ3) is 2.71. The van der Waals surface area contributed by atoms with E-state index in [1.807, 2.05) is 11.9 Å². The number of carbonyl (C=O) groups excluding carboxylic acids is 1. The van der Waals surface area contributed by atoms with Crippen LogP contribution in [-0.2, 0) is 4.79 Å². The Morgan fingerprint density at radius 2 is 2.27 bits per heavy atom. The van der Waals surface area contributed by atoms with Gasteiger partial charge in [0, 0.05) is 12.6 Å². The van der Waals surface area contributed by atoms with Gasteiger partial charge in [-0.3, -0.25) is 4.79 Å². The zero-order chi connectivity index (χ0) is 11.4. The number of nitrogens with one attached hydrogen (secondary N) is 1. The fourth-order valence-corrected chi connectivity index (χ4v) is 2.33. The molecule has 0 unspecified atom stereocenters. The summed E-state index contributed by atoms with van der Waals surface area (Å²) in [6.07, 6.45) is 3.35. The van der Waals surface area contributed by atoms with E-state index in [-0.39, 0.29) is 11.9 Å². The van der Waals surface area contributed by atoms with Gasteiger partial charge in [0.15, 0.2) is 0 Å². The van der Waals surface area contributed by atoms with Crippen molar-refractivity contribution < 1.29 is 4.79 Å². The van der Waals surface area contributed by atoms with Crippen molar-refractivity contribution >= 4 is 5.91 Å². The molecule has 88 valence electrons. The first-order valence-electron chi connectivity index (χ1n) is 6.09. The van der Waals surface area contributed by atoms with Crippen molar-refractivity contribution in [3.8, 4) is 0 Å². The van der Waals surface area contributed by atoms with Crippen LogP contribution in [-0.4, -0.2) is 36.5 Å². The molecular weight excluding hydrogens is 188 g/mol. The molecule has 1 heterocycles. The Morgan fingerprint density at radius 3 is 2.67 bits per heavy atom. The van der Waals surface area contributed by atoms with E-state index in [4.69, 9.17) is 0 Å². The number of likely N-dealkylation sites (tertiary alicyclic amines) is 1. The monoisotopic (exact) mass is 212 g/mol. The zero-order valence-corrected chi connectivity index (χ0v) is 10.4. The lowest BCUT2D eigenvalue weighted by Crippen LogP contribution is -2.49. The Balaban J connectivity index is 2.63. The quantitative estimate of drug-likeness (QED) is 0.768. The largest absolute Gasteiger partial charge is 0.339 e. The molecule has 1 N–H and O–H groups in total. The molecule has 3 atom stereocenters. The number of likely N-dealkylation sites (N-methyl/N-ethyl adjacent to an activating group) is 1. The molecule has 0 radical (unpaired) electrons. The molecule has 1 saturated heterocycles. The van der Waals surface area contributed by atoms with Crippen LogP contribution < -0.4 is 5.32 Å². The molecule has 3 heteroatoms. The van der Waals surface area contributed by atoms with Crippen LogP contribution in [0.5, 0.6) is 0 Å². The topological polar surface area (TPSA) is 32.3 Å². The van der Waals surface area contributed by atoms with Gasteiger partial charge < -0.3 is 10.2 Å². The zero-order valence-electron chi connectivity index (χ0n) is 10.4. The van der Waals surface area contributed by atoms with E-state index in [1.165, 1.54) is 0 Å². The Kier molecular flexibility index (Phi) is 4.58. The van der Waals surface area contributed by atoms with Crippen LogP contribution in [0.15, 0.2) is 0 Å². The van der Waals surface area contributed by atoms with Gasteiger partial charge in [0.05, 0.1) is 6.04 Å². The number of hydrogen-bond acceptors (Lipinski definition) is 2. The number of rotatable bonds is 4. The highest BCUT2D eigenvalue weighted by molar-refractivity contribution is 5.82. The summed E-state index contributed by atoms with van der Waals surface area (Å²) in [5.41, 5.74) is 0. The van der Waals surface area contributed by atoms with E-state index in [0.717, 1.165) is 25.8 Å². The fraction of sp³-hybridized carbons (Fsp3) is 0.917. The third-order valence-electron chi connectivity index (χ3n) is 3.63. The molecule has 0 aromatic heterocycles. The summed E-state index contributed by atoms with van der Waals surface area (Å²) < 4.78 is 0. The van der Waals surface area contributed by atoms with Gasteiger partial charge in [-0.1, -0.05) is 20.3 Å². The Labute approximate surface area is 93.2 Å². The van der Waals surface area contributed by atoms with Crippen LogP contribution in [0.3, 0.4) is 0 Å². The van der Waals surface area contributed by atoms with E-state index in [9.17, 15) is 4.79 Å². The van der Waals surface area contributed by atoms with Gasteiger partial charge in [0.2, 0.25) is 5.91 Å². The Hall–Kier alpha value is -0.570. The third-order valence-corrected chi connectivity index (χ3v) is 3.63. The molecule has 15 heavy (non-hydrogen) atoms.